The lowest BCUT2D eigenvalue weighted by Crippen LogP contribution is -2.44. The Morgan fingerprint density at radius 2 is 2.00 bits per heavy atom. The van der Waals surface area contributed by atoms with Crippen molar-refractivity contribution in [2.24, 2.45) is 4.99 Å². The van der Waals surface area contributed by atoms with E-state index in [1.807, 2.05) is 0 Å². The molecular formula is C19H34N6O3. The summed E-state index contributed by atoms with van der Waals surface area (Å²) in [6.07, 6.45) is 1.76. The number of hydrogen-bond donors (Lipinski definition) is 2. The monoisotopic (exact) mass is 394 g/mol. The smallest absolute Gasteiger partial charge is 0.243 e. The van der Waals surface area contributed by atoms with E-state index in [1.54, 1.807) is 20.3 Å². The van der Waals surface area contributed by atoms with Crippen LogP contribution in [-0.4, -0.2) is 86.7 Å². The Hall–Kier alpha value is -2.13. The number of hydrogen-bond acceptors (Lipinski definition) is 6. The number of carbonyl (C=O) groups excluding carboxylic acids is 1. The van der Waals surface area contributed by atoms with Gasteiger partial charge in [0.05, 0.1) is 26.0 Å². The normalized spacial score (nSPS) is 16.1. The standard InChI is InChI=1S/C19H34N6O3/c1-19(2,3)15-12-21-16(28-15)13-22-18(23-14-17(26)24(4)5)20-6-7-25-8-10-27-11-9-25/h12H,6-11,13-14H2,1-5H3,(H2,20,22,23). The Balaban J connectivity index is 1.90. The van der Waals surface area contributed by atoms with Crippen LogP contribution < -0.4 is 10.6 Å². The van der Waals surface area contributed by atoms with Gasteiger partial charge in [-0.2, -0.15) is 0 Å². The van der Waals surface area contributed by atoms with Gasteiger partial charge in [-0.1, -0.05) is 20.8 Å². The maximum Gasteiger partial charge on any atom is 0.243 e. The maximum atomic E-state index is 11.9. The van der Waals surface area contributed by atoms with Gasteiger partial charge in [-0.15, -0.1) is 0 Å². The topological polar surface area (TPSA) is 95.2 Å². The number of oxazole rings is 1. The summed E-state index contributed by atoms with van der Waals surface area (Å²) in [6, 6.07) is 0. The third-order valence-corrected chi connectivity index (χ3v) is 4.40. The first-order valence-corrected chi connectivity index (χ1v) is 9.73. The second-order valence-electron chi connectivity index (χ2n) is 8.06. The van der Waals surface area contributed by atoms with Crippen LogP contribution in [0.5, 0.6) is 0 Å². The number of amides is 1. The third-order valence-electron chi connectivity index (χ3n) is 4.40. The fourth-order valence-electron chi connectivity index (χ4n) is 2.52. The molecule has 0 radical (unpaired) electrons. The van der Waals surface area contributed by atoms with E-state index >= 15 is 0 Å². The molecule has 0 aromatic carbocycles. The summed E-state index contributed by atoms with van der Waals surface area (Å²) in [4.78, 5) is 24.4. The molecule has 158 valence electrons. The lowest BCUT2D eigenvalue weighted by atomic mass is 9.94. The van der Waals surface area contributed by atoms with E-state index in [2.05, 4.69) is 46.3 Å². The van der Waals surface area contributed by atoms with Crippen molar-refractivity contribution in [3.63, 3.8) is 0 Å². The first kappa shape index (κ1) is 22.2. The molecule has 1 aromatic rings. The molecular weight excluding hydrogens is 360 g/mol. The van der Waals surface area contributed by atoms with Crippen LogP contribution in [0, 0.1) is 0 Å². The quantitative estimate of drug-likeness (QED) is 0.511. The summed E-state index contributed by atoms with van der Waals surface area (Å²) in [5.74, 6) is 1.94. The van der Waals surface area contributed by atoms with Crippen molar-refractivity contribution >= 4 is 11.9 Å². The van der Waals surface area contributed by atoms with E-state index in [9.17, 15) is 4.79 Å². The van der Waals surface area contributed by atoms with Crippen LogP contribution in [0.1, 0.15) is 32.4 Å². The van der Waals surface area contributed by atoms with E-state index in [0.717, 1.165) is 45.2 Å². The van der Waals surface area contributed by atoms with Gasteiger partial charge in [0.15, 0.2) is 5.96 Å². The molecule has 2 heterocycles. The number of aromatic nitrogens is 1. The fourth-order valence-corrected chi connectivity index (χ4v) is 2.52. The average Bonchev–Trinajstić information content (AvgIpc) is 3.13. The maximum absolute atomic E-state index is 11.9. The lowest BCUT2D eigenvalue weighted by Gasteiger charge is -2.26. The van der Waals surface area contributed by atoms with Crippen LogP contribution in [0.2, 0.25) is 0 Å². The highest BCUT2D eigenvalue weighted by Gasteiger charge is 2.19. The predicted octanol–water partition coefficient (Wildman–Crippen LogP) is 0.428. The molecule has 0 aliphatic carbocycles. The Kier molecular flexibility index (Phi) is 8.25. The van der Waals surface area contributed by atoms with E-state index in [1.165, 1.54) is 4.90 Å². The van der Waals surface area contributed by atoms with E-state index in [4.69, 9.17) is 9.15 Å². The summed E-state index contributed by atoms with van der Waals surface area (Å²) in [5, 5.41) is 6.49. The first-order chi connectivity index (χ1) is 13.3. The Labute approximate surface area is 167 Å². The van der Waals surface area contributed by atoms with Gasteiger partial charge in [0.2, 0.25) is 11.8 Å². The van der Waals surface area contributed by atoms with Crippen molar-refractivity contribution in [3.05, 3.63) is 17.8 Å². The minimum absolute atomic E-state index is 0.0552. The molecule has 1 aliphatic heterocycles. The van der Waals surface area contributed by atoms with Gasteiger partial charge < -0.3 is 24.7 Å². The van der Waals surface area contributed by atoms with Crippen molar-refractivity contribution in [1.29, 1.82) is 0 Å². The molecule has 0 unspecified atom stereocenters. The molecule has 0 bridgehead atoms. The number of nitrogens with one attached hydrogen (secondary N) is 2. The summed E-state index contributed by atoms with van der Waals surface area (Å²) in [7, 11) is 3.44. The van der Waals surface area contributed by atoms with Gasteiger partial charge >= 0.3 is 0 Å². The molecule has 0 saturated carbocycles. The summed E-state index contributed by atoms with van der Waals surface area (Å²) in [6.45, 7) is 11.8. The van der Waals surface area contributed by atoms with Crippen LogP contribution in [0.3, 0.4) is 0 Å². The number of guanidine groups is 1. The number of carbonyl (C=O) groups is 1. The lowest BCUT2D eigenvalue weighted by molar-refractivity contribution is -0.127. The van der Waals surface area contributed by atoms with Gasteiger partial charge in [0, 0.05) is 45.7 Å². The second-order valence-corrected chi connectivity index (χ2v) is 8.06. The molecule has 2 rings (SSSR count). The molecule has 28 heavy (non-hydrogen) atoms. The van der Waals surface area contributed by atoms with Gasteiger partial charge in [0.1, 0.15) is 12.3 Å². The second kappa shape index (κ2) is 10.4. The van der Waals surface area contributed by atoms with Crippen molar-refractivity contribution in [2.45, 2.75) is 32.7 Å². The van der Waals surface area contributed by atoms with Crippen molar-refractivity contribution in [3.8, 4) is 0 Å². The number of rotatable bonds is 7. The number of morpholine rings is 1. The van der Waals surface area contributed by atoms with Crippen LogP contribution in [-0.2, 0) is 21.5 Å². The minimum atomic E-state index is -0.0866. The highest BCUT2D eigenvalue weighted by molar-refractivity contribution is 5.84. The zero-order chi connectivity index (χ0) is 20.6. The molecule has 1 fully saturated rings. The SMILES string of the molecule is CN(C)C(=O)CN=C(NCCN1CCOCC1)NCc1ncc(C(C)(C)C)o1. The number of aliphatic imine (C=N–C) groups is 1. The number of nitrogens with zero attached hydrogens (tertiary/aromatic N) is 4. The molecule has 0 atom stereocenters. The molecule has 0 spiro atoms. The Morgan fingerprint density at radius 3 is 2.61 bits per heavy atom. The van der Waals surface area contributed by atoms with Crippen LogP contribution >= 0.6 is 0 Å². The van der Waals surface area contributed by atoms with Crippen molar-refractivity contribution in [1.82, 2.24) is 25.4 Å². The van der Waals surface area contributed by atoms with Gasteiger partial charge in [-0.3, -0.25) is 9.69 Å². The first-order valence-electron chi connectivity index (χ1n) is 9.73. The molecule has 9 nitrogen and oxygen atoms in total. The zero-order valence-corrected chi connectivity index (χ0v) is 17.7. The molecule has 2 N–H and O–H groups in total. The van der Waals surface area contributed by atoms with Crippen molar-refractivity contribution < 1.29 is 13.9 Å². The van der Waals surface area contributed by atoms with Crippen LogP contribution in [0.4, 0.5) is 0 Å². The highest BCUT2D eigenvalue weighted by Crippen LogP contribution is 2.22. The van der Waals surface area contributed by atoms with Gasteiger partial charge in [0.25, 0.3) is 0 Å². The Bertz CT molecular complexity index is 644. The van der Waals surface area contributed by atoms with E-state index in [0.29, 0.717) is 18.4 Å². The summed E-state index contributed by atoms with van der Waals surface area (Å²) >= 11 is 0. The van der Waals surface area contributed by atoms with Crippen LogP contribution in [0.25, 0.3) is 0 Å². The van der Waals surface area contributed by atoms with Gasteiger partial charge in [-0.25, -0.2) is 9.98 Å². The Morgan fingerprint density at radius 1 is 1.29 bits per heavy atom. The van der Waals surface area contributed by atoms with E-state index in [-0.39, 0.29) is 17.9 Å². The molecule has 1 aromatic heterocycles. The summed E-state index contributed by atoms with van der Waals surface area (Å²) in [5.41, 5.74) is -0.0866. The zero-order valence-electron chi connectivity index (χ0n) is 17.7. The van der Waals surface area contributed by atoms with Crippen molar-refractivity contribution in [2.75, 3.05) is 60.0 Å². The van der Waals surface area contributed by atoms with Gasteiger partial charge in [-0.05, 0) is 0 Å². The molecule has 1 aliphatic rings. The highest BCUT2D eigenvalue weighted by atomic mass is 16.5. The summed E-state index contributed by atoms with van der Waals surface area (Å²) < 4.78 is 11.2. The number of ether oxygens (including phenoxy) is 1. The largest absolute Gasteiger partial charge is 0.443 e. The van der Waals surface area contributed by atoms with E-state index < -0.39 is 0 Å². The molecule has 1 saturated heterocycles. The average molecular weight is 395 g/mol. The molecule has 1 amide bonds. The number of likely N-dealkylation sites (N-methyl/N-ethyl adjacent to an activating group) is 1. The fraction of sp³-hybridized carbons (Fsp3) is 0.737. The third kappa shape index (κ3) is 7.47. The minimum Gasteiger partial charge on any atom is -0.443 e. The molecule has 9 heteroatoms. The van der Waals surface area contributed by atoms with Crippen LogP contribution in [0.15, 0.2) is 15.6 Å². The predicted molar refractivity (Wildman–Crippen MR) is 108 cm³/mol.